The third-order valence-electron chi connectivity index (χ3n) is 3.88. The number of amides is 1. The third kappa shape index (κ3) is 3.13. The van der Waals surface area contributed by atoms with Crippen LogP contribution in [-0.2, 0) is 4.79 Å². The highest BCUT2D eigenvalue weighted by atomic mass is 35.5. The SMILES string of the molecule is CCCC1(C(=O)Nc2c(F)cccc2Cl)CCCNC1. The summed E-state index contributed by atoms with van der Waals surface area (Å²) in [5, 5.41) is 6.19. The molecule has 1 aromatic carbocycles. The first-order chi connectivity index (χ1) is 9.59. The lowest BCUT2D eigenvalue weighted by Gasteiger charge is -2.36. The second kappa shape index (κ2) is 6.55. The number of rotatable bonds is 4. The number of carbonyl (C=O) groups is 1. The Morgan fingerprint density at radius 2 is 2.35 bits per heavy atom. The Balaban J connectivity index is 2.20. The molecule has 0 aromatic heterocycles. The average molecular weight is 299 g/mol. The first-order valence-corrected chi connectivity index (χ1v) is 7.43. The lowest BCUT2D eigenvalue weighted by molar-refractivity contribution is -0.127. The van der Waals surface area contributed by atoms with Crippen molar-refractivity contribution in [1.82, 2.24) is 5.32 Å². The number of hydrogen-bond donors (Lipinski definition) is 2. The molecule has 1 unspecified atom stereocenters. The number of piperidine rings is 1. The predicted octanol–water partition coefficient (Wildman–Crippen LogP) is 3.59. The van der Waals surface area contributed by atoms with Gasteiger partial charge in [0.2, 0.25) is 5.91 Å². The van der Waals surface area contributed by atoms with Gasteiger partial charge in [-0.3, -0.25) is 4.79 Å². The van der Waals surface area contributed by atoms with Gasteiger partial charge < -0.3 is 10.6 Å². The minimum absolute atomic E-state index is 0.0835. The van der Waals surface area contributed by atoms with Crippen LogP contribution in [0, 0.1) is 11.2 Å². The molecule has 0 spiro atoms. The van der Waals surface area contributed by atoms with Gasteiger partial charge in [0.15, 0.2) is 0 Å². The summed E-state index contributed by atoms with van der Waals surface area (Å²) in [5.41, 5.74) is -0.376. The van der Waals surface area contributed by atoms with Gasteiger partial charge in [0.25, 0.3) is 0 Å². The smallest absolute Gasteiger partial charge is 0.231 e. The van der Waals surface area contributed by atoms with Crippen LogP contribution in [0.3, 0.4) is 0 Å². The molecule has 1 aromatic rings. The normalized spacial score (nSPS) is 22.6. The van der Waals surface area contributed by atoms with E-state index in [-0.39, 0.29) is 16.6 Å². The Labute approximate surface area is 123 Å². The van der Waals surface area contributed by atoms with Crippen LogP contribution in [0.2, 0.25) is 5.02 Å². The number of para-hydroxylation sites is 1. The zero-order valence-corrected chi connectivity index (χ0v) is 12.4. The van der Waals surface area contributed by atoms with Crippen molar-refractivity contribution < 1.29 is 9.18 Å². The highest BCUT2D eigenvalue weighted by Crippen LogP contribution is 2.34. The van der Waals surface area contributed by atoms with Crippen LogP contribution in [0.4, 0.5) is 10.1 Å². The van der Waals surface area contributed by atoms with Gasteiger partial charge in [0, 0.05) is 6.54 Å². The lowest BCUT2D eigenvalue weighted by atomic mass is 9.76. The van der Waals surface area contributed by atoms with Crippen LogP contribution in [0.1, 0.15) is 32.6 Å². The van der Waals surface area contributed by atoms with E-state index in [4.69, 9.17) is 11.6 Å². The van der Waals surface area contributed by atoms with Crippen LogP contribution >= 0.6 is 11.6 Å². The molecule has 110 valence electrons. The maximum absolute atomic E-state index is 13.8. The summed E-state index contributed by atoms with van der Waals surface area (Å²) in [5.74, 6) is -0.639. The molecule has 1 saturated heterocycles. The highest BCUT2D eigenvalue weighted by molar-refractivity contribution is 6.33. The number of anilines is 1. The lowest BCUT2D eigenvalue weighted by Crippen LogP contribution is -2.48. The van der Waals surface area contributed by atoms with Crippen LogP contribution in [0.5, 0.6) is 0 Å². The topological polar surface area (TPSA) is 41.1 Å². The average Bonchev–Trinajstić information content (AvgIpc) is 2.44. The fourth-order valence-electron chi connectivity index (χ4n) is 2.83. The Kier molecular flexibility index (Phi) is 5.00. The molecule has 1 atom stereocenters. The maximum atomic E-state index is 13.8. The molecule has 1 amide bonds. The Morgan fingerprint density at radius 1 is 1.55 bits per heavy atom. The second-order valence-corrected chi connectivity index (χ2v) is 5.77. The molecule has 0 bridgehead atoms. The number of hydrogen-bond acceptors (Lipinski definition) is 2. The summed E-state index contributed by atoms with van der Waals surface area (Å²) in [6.45, 7) is 3.62. The van der Waals surface area contributed by atoms with Crippen LogP contribution in [-0.4, -0.2) is 19.0 Å². The molecule has 1 fully saturated rings. The van der Waals surface area contributed by atoms with Crippen molar-refractivity contribution in [3.8, 4) is 0 Å². The summed E-state index contributed by atoms with van der Waals surface area (Å²) >= 11 is 5.96. The van der Waals surface area contributed by atoms with Crippen molar-refractivity contribution in [3.05, 3.63) is 29.0 Å². The zero-order valence-electron chi connectivity index (χ0n) is 11.6. The van der Waals surface area contributed by atoms with E-state index in [1.54, 1.807) is 6.07 Å². The van der Waals surface area contributed by atoms with E-state index in [0.29, 0.717) is 6.54 Å². The van der Waals surface area contributed by atoms with Gasteiger partial charge in [0.05, 0.1) is 16.1 Å². The van der Waals surface area contributed by atoms with Crippen molar-refractivity contribution >= 4 is 23.2 Å². The number of halogens is 2. The van der Waals surface area contributed by atoms with E-state index >= 15 is 0 Å². The van der Waals surface area contributed by atoms with Gasteiger partial charge in [-0.05, 0) is 37.9 Å². The van der Waals surface area contributed by atoms with Crippen molar-refractivity contribution in [2.24, 2.45) is 5.41 Å². The fourth-order valence-corrected chi connectivity index (χ4v) is 3.04. The molecule has 0 saturated carbocycles. The molecular formula is C15H20ClFN2O. The van der Waals surface area contributed by atoms with Gasteiger partial charge in [-0.1, -0.05) is 31.0 Å². The summed E-state index contributed by atoms with van der Waals surface area (Å²) in [7, 11) is 0. The highest BCUT2D eigenvalue weighted by Gasteiger charge is 2.39. The first-order valence-electron chi connectivity index (χ1n) is 7.05. The minimum atomic E-state index is -0.499. The Morgan fingerprint density at radius 3 is 2.95 bits per heavy atom. The largest absolute Gasteiger partial charge is 0.322 e. The molecule has 2 rings (SSSR count). The molecule has 1 aliphatic heterocycles. The van der Waals surface area contributed by atoms with E-state index in [2.05, 4.69) is 17.6 Å². The molecule has 2 N–H and O–H groups in total. The van der Waals surface area contributed by atoms with Crippen LogP contribution in [0.25, 0.3) is 0 Å². The van der Waals surface area contributed by atoms with Crippen molar-refractivity contribution in [2.45, 2.75) is 32.6 Å². The van der Waals surface area contributed by atoms with Gasteiger partial charge in [-0.15, -0.1) is 0 Å². The molecule has 0 radical (unpaired) electrons. The summed E-state index contributed by atoms with van der Waals surface area (Å²) < 4.78 is 13.8. The molecule has 20 heavy (non-hydrogen) atoms. The number of nitrogens with one attached hydrogen (secondary N) is 2. The van der Waals surface area contributed by atoms with E-state index in [0.717, 1.165) is 32.2 Å². The molecule has 0 aliphatic carbocycles. The monoisotopic (exact) mass is 298 g/mol. The summed E-state index contributed by atoms with van der Waals surface area (Å²) in [6, 6.07) is 4.40. The van der Waals surface area contributed by atoms with E-state index in [1.807, 2.05) is 0 Å². The molecule has 1 aliphatic rings. The summed E-state index contributed by atoms with van der Waals surface area (Å²) in [4.78, 5) is 12.6. The first kappa shape index (κ1) is 15.3. The predicted molar refractivity (Wildman–Crippen MR) is 79.5 cm³/mol. The third-order valence-corrected chi connectivity index (χ3v) is 4.20. The Bertz CT molecular complexity index is 461. The van der Waals surface area contributed by atoms with Gasteiger partial charge >= 0.3 is 0 Å². The standard InChI is InChI=1S/C15H20ClFN2O/c1-2-7-15(8-4-9-18-10-15)14(20)19-13-11(16)5-3-6-12(13)17/h3,5-6,18H,2,4,7-10H2,1H3,(H,19,20). The zero-order chi connectivity index (χ0) is 14.6. The summed E-state index contributed by atoms with van der Waals surface area (Å²) in [6.07, 6.45) is 3.49. The fraction of sp³-hybridized carbons (Fsp3) is 0.533. The molecular weight excluding hydrogens is 279 g/mol. The molecule has 5 heteroatoms. The quantitative estimate of drug-likeness (QED) is 0.892. The van der Waals surface area contributed by atoms with Crippen LogP contribution in [0.15, 0.2) is 18.2 Å². The number of benzene rings is 1. The molecule has 3 nitrogen and oxygen atoms in total. The van der Waals surface area contributed by atoms with Crippen molar-refractivity contribution in [3.63, 3.8) is 0 Å². The van der Waals surface area contributed by atoms with Gasteiger partial charge in [-0.25, -0.2) is 4.39 Å². The second-order valence-electron chi connectivity index (χ2n) is 5.36. The van der Waals surface area contributed by atoms with E-state index in [9.17, 15) is 9.18 Å². The van der Waals surface area contributed by atoms with Crippen LogP contribution < -0.4 is 10.6 Å². The minimum Gasteiger partial charge on any atom is -0.322 e. The maximum Gasteiger partial charge on any atom is 0.231 e. The van der Waals surface area contributed by atoms with E-state index in [1.165, 1.54) is 12.1 Å². The van der Waals surface area contributed by atoms with E-state index < -0.39 is 11.2 Å². The van der Waals surface area contributed by atoms with Gasteiger partial charge in [-0.2, -0.15) is 0 Å². The molecule has 1 heterocycles. The number of carbonyl (C=O) groups excluding carboxylic acids is 1. The van der Waals surface area contributed by atoms with Crippen molar-refractivity contribution in [1.29, 1.82) is 0 Å². The Hall–Kier alpha value is -1.13. The van der Waals surface area contributed by atoms with Crippen molar-refractivity contribution in [2.75, 3.05) is 18.4 Å². The van der Waals surface area contributed by atoms with Gasteiger partial charge in [0.1, 0.15) is 5.82 Å².